The number of rotatable bonds is 3. The predicted molar refractivity (Wildman–Crippen MR) is 98.7 cm³/mol. The minimum atomic E-state index is 0. The lowest BCUT2D eigenvalue weighted by Crippen LogP contribution is -2.34. The predicted octanol–water partition coefficient (Wildman–Crippen LogP) is 3.13. The molecule has 1 aromatic rings. The maximum Gasteiger partial charge on any atom is 0.274 e. The van der Waals surface area contributed by atoms with Crippen molar-refractivity contribution < 1.29 is 4.79 Å². The minimum Gasteiger partial charge on any atom is -0.337 e. The number of carbonyl (C=O) groups excluding carboxylic acids is 1. The molecule has 0 spiro atoms. The van der Waals surface area contributed by atoms with E-state index in [0.717, 1.165) is 51.4 Å². The van der Waals surface area contributed by atoms with E-state index in [2.05, 4.69) is 24.3 Å². The normalized spacial score (nSPS) is 25.2. The van der Waals surface area contributed by atoms with Gasteiger partial charge in [0.1, 0.15) is 5.69 Å². The van der Waals surface area contributed by atoms with Gasteiger partial charge in [-0.1, -0.05) is 13.8 Å². The highest BCUT2D eigenvalue weighted by Crippen LogP contribution is 2.25. The molecule has 2 fully saturated rings. The summed E-state index contributed by atoms with van der Waals surface area (Å²) in [6.45, 7) is 8.38. The Morgan fingerprint density at radius 3 is 2.79 bits per heavy atom. The zero-order chi connectivity index (χ0) is 16.2. The maximum absolute atomic E-state index is 12.8. The van der Waals surface area contributed by atoms with E-state index in [9.17, 15) is 4.79 Å². The Bertz CT molecular complexity index is 525. The van der Waals surface area contributed by atoms with Crippen molar-refractivity contribution in [3.8, 4) is 0 Å². The van der Waals surface area contributed by atoms with E-state index in [-0.39, 0.29) is 18.3 Å². The van der Waals surface area contributed by atoms with Gasteiger partial charge in [-0.2, -0.15) is 5.10 Å². The fourth-order valence-corrected chi connectivity index (χ4v) is 3.87. The summed E-state index contributed by atoms with van der Waals surface area (Å²) in [7, 11) is 0. The largest absolute Gasteiger partial charge is 0.337 e. The van der Waals surface area contributed by atoms with E-state index in [0.29, 0.717) is 17.7 Å². The molecular weight excluding hydrogens is 324 g/mol. The summed E-state index contributed by atoms with van der Waals surface area (Å²) in [5.41, 5.74) is 0.610. The van der Waals surface area contributed by atoms with Crippen LogP contribution in [0, 0.1) is 11.8 Å². The van der Waals surface area contributed by atoms with Gasteiger partial charge in [-0.3, -0.25) is 9.48 Å². The standard InChI is InChI=1S/C18H30N4O.ClH/c1-14(2)15-5-4-10-21(11-7-15)18(23)17-8-12-22(20-17)16-6-3-9-19-13-16;/h8,12,14-16,19H,3-7,9-11,13H2,1-2H3;1H. The van der Waals surface area contributed by atoms with Crippen molar-refractivity contribution in [1.82, 2.24) is 20.0 Å². The molecule has 2 unspecified atom stereocenters. The van der Waals surface area contributed by atoms with Gasteiger partial charge in [0, 0.05) is 25.8 Å². The van der Waals surface area contributed by atoms with E-state index in [1.165, 1.54) is 12.8 Å². The Morgan fingerprint density at radius 1 is 1.25 bits per heavy atom. The molecule has 3 rings (SSSR count). The number of aromatic nitrogens is 2. The van der Waals surface area contributed by atoms with Crippen molar-refractivity contribution in [3.63, 3.8) is 0 Å². The van der Waals surface area contributed by atoms with Crippen LogP contribution >= 0.6 is 12.4 Å². The van der Waals surface area contributed by atoms with Gasteiger partial charge in [-0.05, 0) is 56.6 Å². The Morgan fingerprint density at radius 2 is 2.08 bits per heavy atom. The lowest BCUT2D eigenvalue weighted by molar-refractivity contribution is 0.0751. The Hall–Kier alpha value is -1.07. The number of piperidine rings is 1. The van der Waals surface area contributed by atoms with Crippen LogP contribution in [0.4, 0.5) is 0 Å². The third-order valence-electron chi connectivity index (χ3n) is 5.48. The van der Waals surface area contributed by atoms with Crippen LogP contribution in [0.5, 0.6) is 0 Å². The third kappa shape index (κ3) is 4.51. The molecule has 0 aromatic carbocycles. The summed E-state index contributed by atoms with van der Waals surface area (Å²) in [4.78, 5) is 14.8. The molecule has 5 nitrogen and oxygen atoms in total. The Kier molecular flexibility index (Phi) is 7.11. The van der Waals surface area contributed by atoms with Crippen LogP contribution in [-0.2, 0) is 0 Å². The number of nitrogens with one attached hydrogen (secondary N) is 1. The number of hydrogen-bond acceptors (Lipinski definition) is 3. The van der Waals surface area contributed by atoms with Gasteiger partial charge in [0.25, 0.3) is 5.91 Å². The lowest BCUT2D eigenvalue weighted by Gasteiger charge is -2.23. The molecule has 1 N–H and O–H groups in total. The van der Waals surface area contributed by atoms with Crippen LogP contribution in [0.2, 0.25) is 0 Å². The Labute approximate surface area is 151 Å². The number of amides is 1. The highest BCUT2D eigenvalue weighted by Gasteiger charge is 2.25. The van der Waals surface area contributed by atoms with Crippen molar-refractivity contribution in [3.05, 3.63) is 18.0 Å². The highest BCUT2D eigenvalue weighted by molar-refractivity contribution is 5.92. The molecule has 136 valence electrons. The number of nitrogens with zero attached hydrogens (tertiary/aromatic N) is 3. The average Bonchev–Trinajstić information content (AvgIpc) is 2.92. The Balaban J connectivity index is 0.00000208. The van der Waals surface area contributed by atoms with E-state index >= 15 is 0 Å². The minimum absolute atomic E-state index is 0. The first-order chi connectivity index (χ1) is 11.1. The molecule has 1 amide bonds. The zero-order valence-electron chi connectivity index (χ0n) is 14.9. The van der Waals surface area contributed by atoms with Gasteiger partial charge in [-0.25, -0.2) is 0 Å². The van der Waals surface area contributed by atoms with E-state index in [1.807, 2.05) is 21.8 Å². The number of likely N-dealkylation sites (tertiary alicyclic amines) is 1. The maximum atomic E-state index is 12.8. The molecule has 1 aromatic heterocycles. The van der Waals surface area contributed by atoms with Crippen molar-refractivity contribution >= 4 is 18.3 Å². The molecule has 6 heteroatoms. The first kappa shape index (κ1) is 19.3. The lowest BCUT2D eigenvalue weighted by atomic mass is 9.89. The molecule has 24 heavy (non-hydrogen) atoms. The van der Waals surface area contributed by atoms with Crippen LogP contribution < -0.4 is 5.32 Å². The van der Waals surface area contributed by atoms with Gasteiger partial charge in [0.15, 0.2) is 0 Å². The van der Waals surface area contributed by atoms with Gasteiger partial charge in [0.05, 0.1) is 6.04 Å². The number of hydrogen-bond donors (Lipinski definition) is 1. The second-order valence-electron chi connectivity index (χ2n) is 7.41. The monoisotopic (exact) mass is 354 g/mol. The van der Waals surface area contributed by atoms with Crippen LogP contribution in [0.15, 0.2) is 12.3 Å². The van der Waals surface area contributed by atoms with Crippen molar-refractivity contribution in [1.29, 1.82) is 0 Å². The van der Waals surface area contributed by atoms with Gasteiger partial charge >= 0.3 is 0 Å². The van der Waals surface area contributed by atoms with Crippen molar-refractivity contribution in [2.24, 2.45) is 11.8 Å². The van der Waals surface area contributed by atoms with E-state index < -0.39 is 0 Å². The SMILES string of the molecule is CC(C)C1CCCN(C(=O)c2ccn(C3CCCNC3)n2)CC1.Cl. The quantitative estimate of drug-likeness (QED) is 0.907. The first-order valence-corrected chi connectivity index (χ1v) is 9.20. The summed E-state index contributed by atoms with van der Waals surface area (Å²) in [5.74, 6) is 1.57. The molecule has 2 aliphatic rings. The fraction of sp³-hybridized carbons (Fsp3) is 0.778. The smallest absolute Gasteiger partial charge is 0.274 e. The summed E-state index contributed by atoms with van der Waals surface area (Å²) >= 11 is 0. The van der Waals surface area contributed by atoms with E-state index in [1.54, 1.807) is 0 Å². The topological polar surface area (TPSA) is 50.2 Å². The first-order valence-electron chi connectivity index (χ1n) is 9.20. The molecule has 3 heterocycles. The van der Waals surface area contributed by atoms with Gasteiger partial charge in [-0.15, -0.1) is 12.4 Å². The van der Waals surface area contributed by atoms with Gasteiger partial charge in [0.2, 0.25) is 0 Å². The summed E-state index contributed by atoms with van der Waals surface area (Å²) in [6, 6.07) is 2.28. The van der Waals surface area contributed by atoms with Gasteiger partial charge < -0.3 is 10.2 Å². The van der Waals surface area contributed by atoms with Crippen molar-refractivity contribution in [2.45, 2.75) is 52.0 Å². The van der Waals surface area contributed by atoms with Crippen LogP contribution in [0.3, 0.4) is 0 Å². The van der Waals surface area contributed by atoms with E-state index in [4.69, 9.17) is 0 Å². The molecule has 0 saturated carbocycles. The second kappa shape index (κ2) is 8.86. The molecule has 0 aliphatic carbocycles. The molecule has 2 aliphatic heterocycles. The van der Waals surface area contributed by atoms with Crippen LogP contribution in [0.25, 0.3) is 0 Å². The molecule has 2 saturated heterocycles. The summed E-state index contributed by atoms with van der Waals surface area (Å²) in [6.07, 6.45) is 7.76. The number of carbonyl (C=O) groups is 1. The third-order valence-corrected chi connectivity index (χ3v) is 5.48. The molecule has 0 radical (unpaired) electrons. The second-order valence-corrected chi connectivity index (χ2v) is 7.41. The highest BCUT2D eigenvalue weighted by atomic mass is 35.5. The van der Waals surface area contributed by atoms with Crippen LogP contribution in [0.1, 0.15) is 62.5 Å². The zero-order valence-corrected chi connectivity index (χ0v) is 15.7. The van der Waals surface area contributed by atoms with Crippen molar-refractivity contribution in [2.75, 3.05) is 26.2 Å². The fourth-order valence-electron chi connectivity index (χ4n) is 3.87. The number of halogens is 1. The molecular formula is C18H31ClN4O. The molecule has 2 atom stereocenters. The average molecular weight is 355 g/mol. The summed E-state index contributed by atoms with van der Waals surface area (Å²) in [5, 5.41) is 7.98. The van der Waals surface area contributed by atoms with Crippen LogP contribution in [-0.4, -0.2) is 46.8 Å². The summed E-state index contributed by atoms with van der Waals surface area (Å²) < 4.78 is 1.98. The molecule has 0 bridgehead atoms.